The minimum absolute atomic E-state index is 0.191. The zero-order valence-electron chi connectivity index (χ0n) is 19.5. The van der Waals surface area contributed by atoms with Gasteiger partial charge in [0.05, 0.1) is 11.5 Å². The number of methoxy groups -OCH3 is 1. The van der Waals surface area contributed by atoms with Gasteiger partial charge in [-0.05, 0) is 61.2 Å². The maximum atomic E-state index is 13.3. The fourth-order valence-electron chi connectivity index (χ4n) is 4.50. The fourth-order valence-corrected chi connectivity index (χ4v) is 5.97. The van der Waals surface area contributed by atoms with Crippen molar-refractivity contribution in [3.05, 3.63) is 53.1 Å². The summed E-state index contributed by atoms with van der Waals surface area (Å²) < 4.78 is 33.2. The largest absolute Gasteiger partial charge is 0.383 e. The summed E-state index contributed by atoms with van der Waals surface area (Å²) in [4.78, 5) is 16.6. The quantitative estimate of drug-likeness (QED) is 0.654. The van der Waals surface area contributed by atoms with Crippen LogP contribution in [-0.4, -0.2) is 71.7 Å². The summed E-state index contributed by atoms with van der Waals surface area (Å²) >= 11 is 0. The lowest BCUT2D eigenvalue weighted by molar-refractivity contribution is 0.197. The molecule has 2 aromatic rings. The van der Waals surface area contributed by atoms with E-state index in [1.165, 1.54) is 16.8 Å². The number of hydrogen-bond donors (Lipinski definition) is 1. The summed E-state index contributed by atoms with van der Waals surface area (Å²) in [7, 11) is -2.01. The monoisotopic (exact) mass is 472 g/mol. The highest BCUT2D eigenvalue weighted by atomic mass is 32.2. The molecule has 1 saturated heterocycles. The van der Waals surface area contributed by atoms with Gasteiger partial charge in [-0.3, -0.25) is 4.90 Å². The molecule has 33 heavy (non-hydrogen) atoms. The van der Waals surface area contributed by atoms with Crippen LogP contribution in [-0.2, 0) is 21.2 Å². The molecule has 2 heterocycles. The van der Waals surface area contributed by atoms with E-state index >= 15 is 0 Å². The first kappa shape index (κ1) is 23.5. The molecule has 178 valence electrons. The maximum absolute atomic E-state index is 13.3. The van der Waals surface area contributed by atoms with Gasteiger partial charge < -0.3 is 15.0 Å². The second-order valence-electron chi connectivity index (χ2n) is 8.53. The van der Waals surface area contributed by atoms with Gasteiger partial charge in [0.1, 0.15) is 0 Å². The number of carbonyl (C=O) groups excluding carboxylic acids is 1. The van der Waals surface area contributed by atoms with Gasteiger partial charge >= 0.3 is 6.03 Å². The van der Waals surface area contributed by atoms with Gasteiger partial charge in [0.2, 0.25) is 10.0 Å². The summed E-state index contributed by atoms with van der Waals surface area (Å²) in [5, 5.41) is 2.82. The molecule has 1 fully saturated rings. The highest BCUT2D eigenvalue weighted by molar-refractivity contribution is 7.89. The van der Waals surface area contributed by atoms with Gasteiger partial charge in [-0.2, -0.15) is 4.31 Å². The molecule has 8 nitrogen and oxygen atoms in total. The Hall–Kier alpha value is -2.62. The number of urea groups is 1. The Labute approximate surface area is 196 Å². The van der Waals surface area contributed by atoms with Crippen LogP contribution in [0.15, 0.2) is 41.3 Å². The van der Waals surface area contributed by atoms with Crippen LogP contribution in [0.5, 0.6) is 0 Å². The first-order valence-electron chi connectivity index (χ1n) is 11.3. The Bertz CT molecular complexity index is 1130. The van der Waals surface area contributed by atoms with Crippen molar-refractivity contribution >= 4 is 27.4 Å². The molecule has 0 unspecified atom stereocenters. The molecule has 0 saturated carbocycles. The van der Waals surface area contributed by atoms with E-state index < -0.39 is 10.0 Å². The molecule has 0 aliphatic carbocycles. The molecule has 4 rings (SSSR count). The first-order valence-corrected chi connectivity index (χ1v) is 12.8. The lowest BCUT2D eigenvalue weighted by atomic mass is 10.1. The smallest absolute Gasteiger partial charge is 0.321 e. The van der Waals surface area contributed by atoms with Gasteiger partial charge in [0, 0.05) is 57.8 Å². The van der Waals surface area contributed by atoms with Gasteiger partial charge in [-0.15, -0.1) is 0 Å². The topological polar surface area (TPSA) is 82.2 Å². The van der Waals surface area contributed by atoms with Crippen LogP contribution in [0.1, 0.15) is 16.7 Å². The predicted molar refractivity (Wildman–Crippen MR) is 130 cm³/mol. The lowest BCUT2D eigenvalue weighted by Crippen LogP contribution is -2.48. The number of piperazine rings is 1. The van der Waals surface area contributed by atoms with Crippen molar-refractivity contribution in [3.63, 3.8) is 0 Å². The number of carbonyl (C=O) groups is 1. The Morgan fingerprint density at radius 3 is 2.52 bits per heavy atom. The van der Waals surface area contributed by atoms with Crippen molar-refractivity contribution in [2.75, 3.05) is 62.8 Å². The third-order valence-corrected chi connectivity index (χ3v) is 8.46. The van der Waals surface area contributed by atoms with Crippen molar-refractivity contribution in [1.29, 1.82) is 0 Å². The Kier molecular flexibility index (Phi) is 6.92. The zero-order chi connectivity index (χ0) is 23.6. The molecule has 0 radical (unpaired) electrons. The fraction of sp³-hybridized carbons (Fsp3) is 0.458. The molecular formula is C24H32N4O4S. The highest BCUT2D eigenvalue weighted by Gasteiger charge is 2.31. The second-order valence-corrected chi connectivity index (χ2v) is 10.5. The SMILES string of the molecule is COCCNC(=O)N1CCc2cc(S(=O)(=O)N3CCN(c4cccc(C)c4C)CC3)ccc21. The van der Waals surface area contributed by atoms with Crippen molar-refractivity contribution in [3.8, 4) is 0 Å². The third kappa shape index (κ3) is 4.71. The van der Waals surface area contributed by atoms with E-state index in [9.17, 15) is 13.2 Å². The number of sulfonamides is 1. The predicted octanol–water partition coefficient (Wildman–Crippen LogP) is 2.53. The van der Waals surface area contributed by atoms with Crippen LogP contribution in [0, 0.1) is 13.8 Å². The molecule has 2 aliphatic rings. The van der Waals surface area contributed by atoms with E-state index in [0.29, 0.717) is 57.2 Å². The number of rotatable bonds is 6. The van der Waals surface area contributed by atoms with E-state index in [1.807, 2.05) is 6.07 Å². The number of benzene rings is 2. The van der Waals surface area contributed by atoms with E-state index in [0.717, 1.165) is 11.3 Å². The molecule has 0 spiro atoms. The number of nitrogens with zero attached hydrogens (tertiary/aromatic N) is 3. The van der Waals surface area contributed by atoms with E-state index in [1.54, 1.807) is 34.5 Å². The van der Waals surface area contributed by atoms with Crippen molar-refractivity contribution in [1.82, 2.24) is 9.62 Å². The summed E-state index contributed by atoms with van der Waals surface area (Å²) in [6.45, 7) is 7.82. The summed E-state index contributed by atoms with van der Waals surface area (Å²) in [5.74, 6) is 0. The molecule has 2 aromatic carbocycles. The number of aryl methyl sites for hydroxylation is 1. The number of amides is 2. The Balaban J connectivity index is 1.44. The number of nitrogens with one attached hydrogen (secondary N) is 1. The molecule has 9 heteroatoms. The minimum atomic E-state index is -3.59. The van der Waals surface area contributed by atoms with Crippen LogP contribution in [0.2, 0.25) is 0 Å². The molecular weight excluding hydrogens is 440 g/mol. The third-order valence-electron chi connectivity index (χ3n) is 6.57. The normalized spacial score (nSPS) is 16.7. The van der Waals surface area contributed by atoms with Crippen molar-refractivity contribution in [2.45, 2.75) is 25.2 Å². The van der Waals surface area contributed by atoms with E-state index in [-0.39, 0.29) is 6.03 Å². The molecule has 2 aliphatic heterocycles. The summed E-state index contributed by atoms with van der Waals surface area (Å²) in [5.41, 5.74) is 5.30. The Morgan fingerprint density at radius 2 is 1.79 bits per heavy atom. The molecule has 0 bridgehead atoms. The van der Waals surface area contributed by atoms with Gasteiger partial charge in [-0.25, -0.2) is 13.2 Å². The van der Waals surface area contributed by atoms with Crippen molar-refractivity contribution in [2.24, 2.45) is 0 Å². The molecule has 0 aromatic heterocycles. The van der Waals surface area contributed by atoms with Crippen LogP contribution >= 0.6 is 0 Å². The molecule has 2 amide bonds. The Morgan fingerprint density at radius 1 is 1.03 bits per heavy atom. The van der Waals surface area contributed by atoms with Crippen LogP contribution < -0.4 is 15.1 Å². The van der Waals surface area contributed by atoms with E-state index in [4.69, 9.17) is 4.74 Å². The molecule has 0 atom stereocenters. The summed E-state index contributed by atoms with van der Waals surface area (Å²) in [6, 6.07) is 11.1. The average Bonchev–Trinajstić information content (AvgIpc) is 3.24. The highest BCUT2D eigenvalue weighted by Crippen LogP contribution is 2.32. The number of hydrogen-bond acceptors (Lipinski definition) is 5. The van der Waals surface area contributed by atoms with Gasteiger partial charge in [0.25, 0.3) is 0 Å². The number of anilines is 2. The average molecular weight is 473 g/mol. The first-order chi connectivity index (χ1) is 15.8. The van der Waals surface area contributed by atoms with Crippen LogP contribution in [0.4, 0.5) is 16.2 Å². The summed E-state index contributed by atoms with van der Waals surface area (Å²) in [6.07, 6.45) is 0.636. The van der Waals surface area contributed by atoms with Crippen molar-refractivity contribution < 1.29 is 17.9 Å². The molecule has 1 N–H and O–H groups in total. The van der Waals surface area contributed by atoms with Gasteiger partial charge in [-0.1, -0.05) is 12.1 Å². The van der Waals surface area contributed by atoms with Crippen LogP contribution in [0.25, 0.3) is 0 Å². The maximum Gasteiger partial charge on any atom is 0.321 e. The van der Waals surface area contributed by atoms with Gasteiger partial charge in [0.15, 0.2) is 0 Å². The minimum Gasteiger partial charge on any atom is -0.383 e. The second kappa shape index (κ2) is 9.70. The van der Waals surface area contributed by atoms with E-state index in [2.05, 4.69) is 36.2 Å². The lowest BCUT2D eigenvalue weighted by Gasteiger charge is -2.36. The zero-order valence-corrected chi connectivity index (χ0v) is 20.3. The number of ether oxygens (including phenoxy) is 1. The standard InChI is InChI=1S/C24H32N4O4S/c1-18-5-4-6-22(19(18)2)26-12-14-27(15-13-26)33(30,31)21-7-8-23-20(17-21)9-11-28(23)24(29)25-10-16-32-3/h4-8,17H,9-16H2,1-3H3,(H,25,29). The van der Waals surface area contributed by atoms with Crippen LogP contribution in [0.3, 0.4) is 0 Å². The number of fused-ring (bicyclic) bond motifs is 1.